The molecule has 0 aliphatic rings. The molecule has 0 fully saturated rings. The van der Waals surface area contributed by atoms with Gasteiger partial charge in [-0.15, -0.1) is 11.3 Å². The summed E-state index contributed by atoms with van der Waals surface area (Å²) in [5.41, 5.74) is 0.678. The molecule has 2 rings (SSSR count). The smallest absolute Gasteiger partial charge is 0.354 e. The van der Waals surface area contributed by atoms with Crippen molar-refractivity contribution in [2.75, 3.05) is 0 Å². The molecule has 0 aliphatic heterocycles. The molecule has 0 amide bonds. The highest BCUT2D eigenvalue weighted by atomic mass is 35.5. The van der Waals surface area contributed by atoms with Crippen molar-refractivity contribution in [2.24, 2.45) is 0 Å². The van der Waals surface area contributed by atoms with Gasteiger partial charge in [-0.25, -0.2) is 9.78 Å². The Balaban J connectivity index is 2.67. The minimum absolute atomic E-state index is 0.0435. The summed E-state index contributed by atoms with van der Waals surface area (Å²) in [5.74, 6) is -1.02. The van der Waals surface area contributed by atoms with Gasteiger partial charge in [0.25, 0.3) is 0 Å². The third kappa shape index (κ3) is 1.50. The molecule has 0 radical (unpaired) electrons. The summed E-state index contributed by atoms with van der Waals surface area (Å²) in [6, 6.07) is 4.84. The molecule has 1 N–H and O–H groups in total. The van der Waals surface area contributed by atoms with Crippen molar-refractivity contribution in [1.82, 2.24) is 4.98 Å². The molecule has 0 spiro atoms. The highest BCUT2D eigenvalue weighted by molar-refractivity contribution is 7.22. The molecule has 13 heavy (non-hydrogen) atoms. The molecule has 2 aromatic rings. The number of hydrogen-bond acceptors (Lipinski definition) is 3. The number of hydrogen-bond donors (Lipinski definition) is 1. The van der Waals surface area contributed by atoms with E-state index in [9.17, 15) is 4.79 Å². The predicted molar refractivity (Wildman–Crippen MR) is 51.6 cm³/mol. The first-order valence-electron chi connectivity index (χ1n) is 3.46. The largest absolute Gasteiger partial charge is 0.477 e. The summed E-state index contributed by atoms with van der Waals surface area (Å²) in [5, 5.41) is 8.66. The Kier molecular flexibility index (Phi) is 1.94. The summed E-state index contributed by atoms with van der Waals surface area (Å²) in [7, 11) is 0. The quantitative estimate of drug-likeness (QED) is 0.792. The average Bonchev–Trinajstić information content (AvgIpc) is 2.42. The number of nitrogens with zero attached hydrogens (tertiary/aromatic N) is 1. The SMILES string of the molecule is O=C(O)c1ccc2sc(Cl)cc2n1. The number of aromatic carboxylic acids is 1. The summed E-state index contributed by atoms with van der Waals surface area (Å²) in [6.07, 6.45) is 0. The molecule has 2 heterocycles. The van der Waals surface area contributed by atoms with Gasteiger partial charge in [-0.3, -0.25) is 0 Å². The maximum absolute atomic E-state index is 10.6. The lowest BCUT2D eigenvalue weighted by molar-refractivity contribution is 0.0691. The summed E-state index contributed by atoms with van der Waals surface area (Å²) < 4.78 is 1.51. The minimum Gasteiger partial charge on any atom is -0.477 e. The zero-order valence-corrected chi connectivity index (χ0v) is 7.89. The third-order valence-corrected chi connectivity index (χ3v) is 2.78. The van der Waals surface area contributed by atoms with Crippen LogP contribution in [0.2, 0.25) is 4.34 Å². The molecular formula is C8H4ClNO2S. The van der Waals surface area contributed by atoms with Crippen molar-refractivity contribution >= 4 is 39.1 Å². The number of thiophene rings is 1. The molecule has 0 aliphatic carbocycles. The van der Waals surface area contributed by atoms with Gasteiger partial charge in [-0.2, -0.15) is 0 Å². The molecule has 3 nitrogen and oxygen atoms in total. The van der Waals surface area contributed by atoms with Crippen LogP contribution in [0.3, 0.4) is 0 Å². The van der Waals surface area contributed by atoms with Crippen LogP contribution in [0.25, 0.3) is 10.2 Å². The number of carboxylic acids is 1. The van der Waals surface area contributed by atoms with Crippen molar-refractivity contribution in [1.29, 1.82) is 0 Å². The predicted octanol–water partition coefficient (Wildman–Crippen LogP) is 2.65. The van der Waals surface area contributed by atoms with E-state index < -0.39 is 5.97 Å². The number of halogens is 1. The number of rotatable bonds is 1. The van der Waals surface area contributed by atoms with Crippen LogP contribution in [-0.2, 0) is 0 Å². The van der Waals surface area contributed by atoms with E-state index in [1.807, 2.05) is 0 Å². The van der Waals surface area contributed by atoms with Crippen molar-refractivity contribution in [2.45, 2.75) is 0 Å². The highest BCUT2D eigenvalue weighted by Crippen LogP contribution is 2.27. The van der Waals surface area contributed by atoms with Crippen molar-refractivity contribution in [3.05, 3.63) is 28.2 Å². The fourth-order valence-electron chi connectivity index (χ4n) is 1.01. The fourth-order valence-corrected chi connectivity index (χ4v) is 2.09. The Bertz CT molecular complexity index is 480. The maximum Gasteiger partial charge on any atom is 0.354 e. The van der Waals surface area contributed by atoms with Gasteiger partial charge < -0.3 is 5.11 Å². The molecule has 0 aromatic carbocycles. The number of fused-ring (bicyclic) bond motifs is 1. The Morgan fingerprint density at radius 3 is 3.00 bits per heavy atom. The normalized spacial score (nSPS) is 10.5. The Morgan fingerprint density at radius 2 is 2.31 bits per heavy atom. The first-order valence-corrected chi connectivity index (χ1v) is 4.65. The van der Waals surface area contributed by atoms with Gasteiger partial charge in [0, 0.05) is 0 Å². The Labute approximate surface area is 82.6 Å². The first kappa shape index (κ1) is 8.47. The maximum atomic E-state index is 10.6. The molecule has 66 valence electrons. The number of carbonyl (C=O) groups is 1. The van der Waals surface area contributed by atoms with E-state index in [2.05, 4.69) is 4.98 Å². The van der Waals surface area contributed by atoms with E-state index >= 15 is 0 Å². The summed E-state index contributed by atoms with van der Waals surface area (Å²) in [4.78, 5) is 14.5. The zero-order valence-electron chi connectivity index (χ0n) is 6.32. The molecule has 0 saturated heterocycles. The molecule has 0 unspecified atom stereocenters. The van der Waals surface area contributed by atoms with Crippen LogP contribution in [0.5, 0.6) is 0 Å². The lowest BCUT2D eigenvalue weighted by Gasteiger charge is -1.91. The van der Waals surface area contributed by atoms with Gasteiger partial charge >= 0.3 is 5.97 Å². The first-order chi connectivity index (χ1) is 6.16. The van der Waals surface area contributed by atoms with Crippen LogP contribution in [0.4, 0.5) is 0 Å². The van der Waals surface area contributed by atoms with Gasteiger partial charge in [-0.05, 0) is 18.2 Å². The van der Waals surface area contributed by atoms with E-state index in [4.69, 9.17) is 16.7 Å². The van der Waals surface area contributed by atoms with Gasteiger partial charge in [0.1, 0.15) is 5.69 Å². The van der Waals surface area contributed by atoms with Crippen LogP contribution < -0.4 is 0 Å². The lowest BCUT2D eigenvalue weighted by Crippen LogP contribution is -1.98. The minimum atomic E-state index is -1.02. The van der Waals surface area contributed by atoms with Gasteiger partial charge in [-0.1, -0.05) is 11.6 Å². The Hall–Kier alpha value is -1.13. The number of carboxylic acid groups (broad SMARTS) is 1. The van der Waals surface area contributed by atoms with E-state index in [0.29, 0.717) is 9.85 Å². The second-order valence-corrected chi connectivity index (χ2v) is 4.15. The van der Waals surface area contributed by atoms with Crippen LogP contribution >= 0.6 is 22.9 Å². The van der Waals surface area contributed by atoms with Gasteiger partial charge in [0.15, 0.2) is 0 Å². The second-order valence-electron chi connectivity index (χ2n) is 2.44. The number of aromatic nitrogens is 1. The average molecular weight is 214 g/mol. The fraction of sp³-hybridized carbons (Fsp3) is 0. The number of pyridine rings is 1. The van der Waals surface area contributed by atoms with Crippen molar-refractivity contribution in [3.63, 3.8) is 0 Å². The van der Waals surface area contributed by atoms with E-state index in [1.165, 1.54) is 17.4 Å². The molecule has 5 heteroatoms. The monoisotopic (exact) mass is 213 g/mol. The van der Waals surface area contributed by atoms with Crippen molar-refractivity contribution < 1.29 is 9.90 Å². The second kappa shape index (κ2) is 2.97. The van der Waals surface area contributed by atoms with E-state index in [0.717, 1.165) is 4.70 Å². The molecule has 0 atom stereocenters. The van der Waals surface area contributed by atoms with Crippen LogP contribution in [0.15, 0.2) is 18.2 Å². The highest BCUT2D eigenvalue weighted by Gasteiger charge is 2.07. The lowest BCUT2D eigenvalue weighted by atomic mass is 10.3. The summed E-state index contributed by atoms with van der Waals surface area (Å²) in [6.45, 7) is 0. The zero-order chi connectivity index (χ0) is 9.42. The standard InChI is InChI=1S/C8H4ClNO2S/c9-7-3-5-6(13-7)2-1-4(10-5)8(11)12/h1-3H,(H,11,12). The topological polar surface area (TPSA) is 50.2 Å². The van der Waals surface area contributed by atoms with Crippen LogP contribution in [0, 0.1) is 0 Å². The molecular weight excluding hydrogens is 210 g/mol. The molecule has 0 bridgehead atoms. The van der Waals surface area contributed by atoms with E-state index in [-0.39, 0.29) is 5.69 Å². The third-order valence-electron chi connectivity index (χ3n) is 1.56. The van der Waals surface area contributed by atoms with E-state index in [1.54, 1.807) is 12.1 Å². The van der Waals surface area contributed by atoms with Gasteiger partial charge in [0.05, 0.1) is 14.6 Å². The molecule has 0 saturated carbocycles. The summed E-state index contributed by atoms with van der Waals surface area (Å²) >= 11 is 7.13. The molecule has 2 aromatic heterocycles. The Morgan fingerprint density at radius 1 is 1.54 bits per heavy atom. The van der Waals surface area contributed by atoms with Crippen LogP contribution in [0.1, 0.15) is 10.5 Å². The van der Waals surface area contributed by atoms with Crippen LogP contribution in [-0.4, -0.2) is 16.1 Å². The van der Waals surface area contributed by atoms with Crippen molar-refractivity contribution in [3.8, 4) is 0 Å². The van der Waals surface area contributed by atoms with Gasteiger partial charge in [0.2, 0.25) is 0 Å².